The van der Waals surface area contributed by atoms with Gasteiger partial charge in [-0.05, 0) is 19.1 Å². The van der Waals surface area contributed by atoms with Gasteiger partial charge in [-0.15, -0.1) is 11.3 Å². The van der Waals surface area contributed by atoms with Gasteiger partial charge in [-0.2, -0.15) is 0 Å². The van der Waals surface area contributed by atoms with Crippen molar-refractivity contribution in [2.45, 2.75) is 19.9 Å². The number of aliphatic hydroxyl groups is 1. The van der Waals surface area contributed by atoms with E-state index in [0.717, 1.165) is 17.1 Å². The molecule has 0 spiro atoms. The number of hydrogen-bond donors (Lipinski definition) is 4. The first kappa shape index (κ1) is 21.1. The van der Waals surface area contributed by atoms with E-state index >= 15 is 0 Å². The SMILES string of the molecule is Cc1ccc([C@H](Nc2c(Nc3csc(C(O)=[N+](C)C)c3O)c(=O)c2=O)C2(C)COC2)o1. The number of rotatable bonds is 7. The number of nitrogens with zero attached hydrogens (tertiary/aromatic N) is 1. The third-order valence-corrected chi connectivity index (χ3v) is 6.42. The molecular formula is C21H24N3O6S+. The zero-order valence-electron chi connectivity index (χ0n) is 17.6. The third kappa shape index (κ3) is 3.51. The minimum atomic E-state index is -0.681. The number of aromatic hydroxyl groups is 1. The van der Waals surface area contributed by atoms with E-state index in [9.17, 15) is 19.8 Å². The zero-order chi connectivity index (χ0) is 22.5. The van der Waals surface area contributed by atoms with Crippen molar-refractivity contribution in [2.24, 2.45) is 5.41 Å². The smallest absolute Gasteiger partial charge is 0.381 e. The summed E-state index contributed by atoms with van der Waals surface area (Å²) in [7, 11) is 3.28. The van der Waals surface area contributed by atoms with Crippen LogP contribution in [0.25, 0.3) is 0 Å². The first-order chi connectivity index (χ1) is 14.6. The molecule has 1 atom stereocenters. The van der Waals surface area contributed by atoms with Crippen LogP contribution in [0.15, 0.2) is 31.5 Å². The number of ether oxygens (including phenoxy) is 1. The van der Waals surface area contributed by atoms with E-state index < -0.39 is 10.9 Å². The van der Waals surface area contributed by atoms with Gasteiger partial charge < -0.3 is 30.0 Å². The monoisotopic (exact) mass is 446 g/mol. The van der Waals surface area contributed by atoms with Gasteiger partial charge >= 0.3 is 5.90 Å². The molecule has 0 radical (unpaired) electrons. The molecular weight excluding hydrogens is 422 g/mol. The fourth-order valence-electron chi connectivity index (χ4n) is 3.52. The summed E-state index contributed by atoms with van der Waals surface area (Å²) in [5.41, 5.74) is -1.22. The largest absolute Gasteiger partial charge is 0.504 e. The van der Waals surface area contributed by atoms with Crippen LogP contribution in [0.1, 0.15) is 29.4 Å². The van der Waals surface area contributed by atoms with Crippen molar-refractivity contribution in [3.8, 4) is 5.75 Å². The third-order valence-electron chi connectivity index (χ3n) is 5.46. The molecule has 0 bridgehead atoms. The van der Waals surface area contributed by atoms with Crippen molar-refractivity contribution in [2.75, 3.05) is 37.9 Å². The van der Waals surface area contributed by atoms with Gasteiger partial charge in [0.2, 0.25) is 0 Å². The van der Waals surface area contributed by atoms with Gasteiger partial charge in [0.25, 0.3) is 10.9 Å². The molecule has 0 saturated carbocycles. The van der Waals surface area contributed by atoms with Crippen LogP contribution in [-0.2, 0) is 4.74 Å². The Balaban J connectivity index is 1.65. The number of aryl methyl sites for hydroxylation is 1. The maximum absolute atomic E-state index is 12.4. The summed E-state index contributed by atoms with van der Waals surface area (Å²) < 4.78 is 12.6. The van der Waals surface area contributed by atoms with E-state index in [1.54, 1.807) is 19.5 Å². The van der Waals surface area contributed by atoms with Crippen molar-refractivity contribution < 1.29 is 23.9 Å². The second-order valence-electron chi connectivity index (χ2n) is 8.25. The molecule has 9 nitrogen and oxygen atoms in total. The van der Waals surface area contributed by atoms with Crippen molar-refractivity contribution in [1.82, 2.24) is 0 Å². The molecule has 31 heavy (non-hydrogen) atoms. The van der Waals surface area contributed by atoms with E-state index in [2.05, 4.69) is 10.6 Å². The Morgan fingerprint density at radius 2 is 1.90 bits per heavy atom. The lowest BCUT2D eigenvalue weighted by Crippen LogP contribution is -2.49. The second kappa shape index (κ2) is 7.54. The average Bonchev–Trinajstić information content (AvgIpc) is 3.30. The minimum Gasteiger partial charge on any atom is -0.504 e. The van der Waals surface area contributed by atoms with Crippen LogP contribution in [0.3, 0.4) is 0 Å². The number of aliphatic hydroxyl groups excluding tert-OH is 1. The number of anilines is 3. The number of thiophene rings is 1. The summed E-state index contributed by atoms with van der Waals surface area (Å²) in [4.78, 5) is 24.9. The van der Waals surface area contributed by atoms with E-state index in [1.807, 2.05) is 26.0 Å². The highest BCUT2D eigenvalue weighted by Gasteiger charge is 2.45. The highest BCUT2D eigenvalue weighted by Crippen LogP contribution is 2.44. The van der Waals surface area contributed by atoms with Gasteiger partial charge in [0.15, 0.2) is 10.6 Å². The average molecular weight is 447 g/mol. The summed E-state index contributed by atoms with van der Waals surface area (Å²) in [6.45, 7) is 4.82. The molecule has 0 unspecified atom stereocenters. The molecule has 3 aromatic rings. The van der Waals surface area contributed by atoms with Gasteiger partial charge in [-0.3, -0.25) is 9.59 Å². The molecule has 1 aliphatic rings. The predicted octanol–water partition coefficient (Wildman–Crippen LogP) is 2.46. The van der Waals surface area contributed by atoms with Crippen LogP contribution in [0.2, 0.25) is 0 Å². The van der Waals surface area contributed by atoms with E-state index in [0.29, 0.717) is 19.0 Å². The van der Waals surface area contributed by atoms with Crippen LogP contribution >= 0.6 is 11.3 Å². The highest BCUT2D eigenvalue weighted by atomic mass is 32.1. The van der Waals surface area contributed by atoms with Crippen LogP contribution < -0.4 is 21.5 Å². The molecule has 2 aromatic heterocycles. The lowest BCUT2D eigenvalue weighted by Gasteiger charge is -2.44. The van der Waals surface area contributed by atoms with E-state index in [-0.39, 0.29) is 45.0 Å². The van der Waals surface area contributed by atoms with Crippen LogP contribution in [-0.4, -0.2) is 48.0 Å². The Morgan fingerprint density at radius 3 is 2.45 bits per heavy atom. The first-order valence-corrected chi connectivity index (χ1v) is 10.6. The molecule has 1 aliphatic heterocycles. The van der Waals surface area contributed by atoms with Gasteiger partial charge in [0, 0.05) is 10.8 Å². The first-order valence-electron chi connectivity index (χ1n) is 9.67. The zero-order valence-corrected chi connectivity index (χ0v) is 18.4. The topological polar surface area (TPSA) is 124 Å². The molecule has 164 valence electrons. The van der Waals surface area contributed by atoms with Gasteiger partial charge in [-0.25, -0.2) is 4.58 Å². The molecule has 0 amide bonds. The number of nitrogens with one attached hydrogen (secondary N) is 2. The Bertz CT molecular complexity index is 1240. The van der Waals surface area contributed by atoms with Crippen molar-refractivity contribution >= 4 is 34.3 Å². The fourth-order valence-corrected chi connectivity index (χ4v) is 4.43. The van der Waals surface area contributed by atoms with Crippen molar-refractivity contribution in [3.63, 3.8) is 0 Å². The molecule has 10 heteroatoms. The van der Waals surface area contributed by atoms with E-state index in [1.165, 1.54) is 4.58 Å². The quantitative estimate of drug-likeness (QED) is 0.189. The molecule has 1 saturated heterocycles. The summed E-state index contributed by atoms with van der Waals surface area (Å²) in [5, 5.41) is 28.2. The highest BCUT2D eigenvalue weighted by molar-refractivity contribution is 7.13. The molecule has 1 aromatic carbocycles. The molecule has 1 fully saturated rings. The van der Waals surface area contributed by atoms with E-state index in [4.69, 9.17) is 9.15 Å². The standard InChI is InChI=1S/C21H23N3O6S/c1-10-5-6-12(30-10)19(21(2)8-29-9-21)23-14-13(16(26)17(14)27)22-11-7-31-18(15(11)25)20(28)24(3)4/h5-7,19H,8-9H2,1-4H3,(H3,22,23,25,26,27,28)/p+1/t19-/m0/s1. The van der Waals surface area contributed by atoms with Crippen molar-refractivity contribution in [3.05, 3.63) is 54.4 Å². The Hall–Kier alpha value is -3.11. The molecule has 3 heterocycles. The summed E-state index contributed by atoms with van der Waals surface area (Å²) in [6.07, 6.45) is 0. The number of furan rings is 1. The van der Waals surface area contributed by atoms with Crippen LogP contribution in [0.4, 0.5) is 17.1 Å². The normalized spacial score (nSPS) is 16.0. The maximum Gasteiger partial charge on any atom is 0.381 e. The minimum absolute atomic E-state index is 0.0612. The summed E-state index contributed by atoms with van der Waals surface area (Å²) >= 11 is 1.11. The number of hydrogen-bond acceptors (Lipinski definition) is 8. The van der Waals surface area contributed by atoms with Gasteiger partial charge in [0.1, 0.15) is 37.0 Å². The van der Waals surface area contributed by atoms with Crippen LogP contribution in [0.5, 0.6) is 5.75 Å². The van der Waals surface area contributed by atoms with Gasteiger partial charge in [-0.1, -0.05) is 6.92 Å². The molecule has 4 rings (SSSR count). The Morgan fingerprint density at radius 1 is 1.23 bits per heavy atom. The summed E-state index contributed by atoms with van der Waals surface area (Å²) in [5.74, 6) is 1.08. The fraction of sp³-hybridized carbons (Fsp3) is 0.381. The van der Waals surface area contributed by atoms with Gasteiger partial charge in [0.05, 0.1) is 24.9 Å². The maximum atomic E-state index is 12.4. The van der Waals surface area contributed by atoms with Crippen molar-refractivity contribution in [1.29, 1.82) is 0 Å². The van der Waals surface area contributed by atoms with Crippen LogP contribution in [0, 0.1) is 12.3 Å². The Labute approximate surface area is 181 Å². The second-order valence-corrected chi connectivity index (χ2v) is 9.13. The lowest BCUT2D eigenvalue weighted by atomic mass is 9.79. The predicted molar refractivity (Wildman–Crippen MR) is 118 cm³/mol. The molecule has 4 N–H and O–H groups in total. The summed E-state index contributed by atoms with van der Waals surface area (Å²) in [6, 6.07) is 3.30. The lowest BCUT2D eigenvalue weighted by molar-refractivity contribution is -0.472. The Kier molecular flexibility index (Phi) is 5.14. The molecule has 0 aliphatic carbocycles.